The molecule has 1 fully saturated rings. The Morgan fingerprint density at radius 3 is 2.87 bits per heavy atom. The number of amidine groups is 1. The Morgan fingerprint density at radius 1 is 1.61 bits per heavy atom. The molecule has 0 saturated carbocycles. The van der Waals surface area contributed by atoms with Crippen LogP contribution in [-0.4, -0.2) is 29.0 Å². The number of aliphatic imine (C=N–C) groups is 1. The van der Waals surface area contributed by atoms with Gasteiger partial charge in [0.25, 0.3) is 5.91 Å². The Kier molecular flexibility index (Phi) is 5.52. The number of carbonyl (C=O) groups excluding carboxylic acids is 1. The average Bonchev–Trinajstić information content (AvgIpc) is 2.76. The van der Waals surface area contributed by atoms with Crippen LogP contribution in [0.15, 0.2) is 23.2 Å². The van der Waals surface area contributed by atoms with E-state index in [1.54, 1.807) is 18.2 Å². The maximum absolute atomic E-state index is 12.2. The lowest BCUT2D eigenvalue weighted by Gasteiger charge is -2.17. The highest BCUT2D eigenvalue weighted by Gasteiger charge is 2.40. The molecule has 1 aliphatic rings. The summed E-state index contributed by atoms with van der Waals surface area (Å²) in [6.07, 6.45) is 3.65. The summed E-state index contributed by atoms with van der Waals surface area (Å²) >= 11 is 7.60. The van der Waals surface area contributed by atoms with Crippen molar-refractivity contribution in [3.05, 3.63) is 28.8 Å². The van der Waals surface area contributed by atoms with Crippen molar-refractivity contribution in [2.45, 2.75) is 20.4 Å². The molecule has 1 amide bonds. The van der Waals surface area contributed by atoms with Crippen LogP contribution in [-0.2, 0) is 16.2 Å². The van der Waals surface area contributed by atoms with Gasteiger partial charge in [-0.15, -0.1) is 0 Å². The van der Waals surface area contributed by atoms with E-state index in [9.17, 15) is 4.79 Å². The zero-order valence-corrected chi connectivity index (χ0v) is 14.7. The highest BCUT2D eigenvalue weighted by atomic mass is 35.5. The third kappa shape index (κ3) is 4.16. The van der Waals surface area contributed by atoms with E-state index >= 15 is 0 Å². The number of nitrogens with one attached hydrogen (secondary N) is 1. The molecule has 122 valence electrons. The van der Waals surface area contributed by atoms with Gasteiger partial charge in [0.05, 0.1) is 24.3 Å². The number of thioether (sulfide) groups is 1. The van der Waals surface area contributed by atoms with Crippen LogP contribution < -0.4 is 5.32 Å². The molecule has 1 aliphatic heterocycles. The van der Waals surface area contributed by atoms with Gasteiger partial charge in [0.15, 0.2) is 11.4 Å². The number of hydroxylamine groups is 2. The first-order valence-electron chi connectivity index (χ1n) is 6.88. The summed E-state index contributed by atoms with van der Waals surface area (Å²) in [5, 5.41) is 13.4. The smallest absolute Gasteiger partial charge is 0.254 e. The first kappa shape index (κ1) is 17.6. The zero-order chi connectivity index (χ0) is 17.0. The SMILES string of the molecule is CSC(=Nc1ccc(CN2OCC(C)(C)C2=O)c(Cl)c1)NC#N. The molecule has 0 unspecified atom stereocenters. The Morgan fingerprint density at radius 2 is 2.35 bits per heavy atom. The average molecular weight is 353 g/mol. The fourth-order valence-corrected chi connectivity index (χ4v) is 2.57. The van der Waals surface area contributed by atoms with Crippen LogP contribution in [0.4, 0.5) is 5.69 Å². The number of hydrogen-bond donors (Lipinski definition) is 1. The van der Waals surface area contributed by atoms with Crippen LogP contribution >= 0.6 is 23.4 Å². The van der Waals surface area contributed by atoms with Gasteiger partial charge in [0.2, 0.25) is 0 Å². The molecule has 0 atom stereocenters. The number of nitriles is 1. The molecule has 0 aromatic heterocycles. The van der Waals surface area contributed by atoms with Gasteiger partial charge in [0, 0.05) is 5.02 Å². The van der Waals surface area contributed by atoms with Crippen LogP contribution in [0.3, 0.4) is 0 Å². The second-order valence-electron chi connectivity index (χ2n) is 5.63. The topological polar surface area (TPSA) is 77.7 Å². The summed E-state index contributed by atoms with van der Waals surface area (Å²) in [7, 11) is 0. The minimum absolute atomic E-state index is 0.0569. The Balaban J connectivity index is 2.15. The number of hydrogen-bond acceptors (Lipinski definition) is 5. The van der Waals surface area contributed by atoms with Crippen molar-refractivity contribution in [2.24, 2.45) is 10.4 Å². The second kappa shape index (κ2) is 7.21. The highest BCUT2D eigenvalue weighted by Crippen LogP contribution is 2.30. The summed E-state index contributed by atoms with van der Waals surface area (Å²) in [6, 6.07) is 5.27. The van der Waals surface area contributed by atoms with E-state index in [0.717, 1.165) is 5.56 Å². The lowest BCUT2D eigenvalue weighted by Crippen LogP contribution is -2.30. The molecule has 0 aliphatic carbocycles. The number of nitrogens with zero attached hydrogens (tertiary/aromatic N) is 3. The van der Waals surface area contributed by atoms with Crippen molar-refractivity contribution < 1.29 is 9.63 Å². The van der Waals surface area contributed by atoms with Gasteiger partial charge in [0.1, 0.15) is 0 Å². The summed E-state index contributed by atoms with van der Waals surface area (Å²) in [4.78, 5) is 21.9. The predicted octanol–water partition coefficient (Wildman–Crippen LogP) is 3.06. The van der Waals surface area contributed by atoms with Gasteiger partial charge in [-0.2, -0.15) is 5.26 Å². The molecule has 1 heterocycles. The molecule has 0 bridgehead atoms. The maximum atomic E-state index is 12.2. The van der Waals surface area contributed by atoms with Crippen molar-refractivity contribution in [3.63, 3.8) is 0 Å². The molecule has 1 aromatic carbocycles. The van der Waals surface area contributed by atoms with Crippen molar-refractivity contribution >= 4 is 40.1 Å². The van der Waals surface area contributed by atoms with Gasteiger partial charge >= 0.3 is 0 Å². The fourth-order valence-electron chi connectivity index (χ4n) is 1.99. The molecule has 0 radical (unpaired) electrons. The van der Waals surface area contributed by atoms with Gasteiger partial charge in [-0.3, -0.25) is 14.9 Å². The van der Waals surface area contributed by atoms with Gasteiger partial charge in [-0.05, 0) is 37.8 Å². The largest absolute Gasteiger partial charge is 0.272 e. The van der Waals surface area contributed by atoms with Crippen LogP contribution in [0.25, 0.3) is 0 Å². The van der Waals surface area contributed by atoms with Crippen LogP contribution in [0.1, 0.15) is 19.4 Å². The minimum Gasteiger partial charge on any atom is -0.272 e. The summed E-state index contributed by atoms with van der Waals surface area (Å²) < 4.78 is 0. The van der Waals surface area contributed by atoms with E-state index in [-0.39, 0.29) is 12.5 Å². The fraction of sp³-hybridized carbons (Fsp3) is 0.400. The summed E-state index contributed by atoms with van der Waals surface area (Å²) in [5.41, 5.74) is 0.892. The van der Waals surface area contributed by atoms with Crippen molar-refractivity contribution in [2.75, 3.05) is 12.9 Å². The molecule has 6 nitrogen and oxygen atoms in total. The maximum Gasteiger partial charge on any atom is 0.254 e. The molecule has 0 spiro atoms. The highest BCUT2D eigenvalue weighted by molar-refractivity contribution is 8.13. The third-order valence-corrected chi connectivity index (χ3v) is 4.26. The van der Waals surface area contributed by atoms with E-state index in [0.29, 0.717) is 22.5 Å². The van der Waals surface area contributed by atoms with Gasteiger partial charge in [-0.25, -0.2) is 10.1 Å². The summed E-state index contributed by atoms with van der Waals surface area (Å²) in [6.45, 7) is 4.35. The van der Waals surface area contributed by atoms with E-state index < -0.39 is 5.41 Å². The van der Waals surface area contributed by atoms with E-state index in [4.69, 9.17) is 21.7 Å². The molecule has 23 heavy (non-hydrogen) atoms. The number of halogens is 1. The third-order valence-electron chi connectivity index (χ3n) is 3.32. The van der Waals surface area contributed by atoms with Crippen LogP contribution in [0, 0.1) is 16.9 Å². The molecule has 1 saturated heterocycles. The standard InChI is InChI=1S/C15H17ClN4O2S/c1-15(2)8-22-20(13(15)21)7-10-4-5-11(6-12(10)16)19-14(23-3)18-9-17/h4-6H,7-8H2,1-3H3,(H,18,19). The van der Waals surface area contributed by atoms with Gasteiger partial charge in [-0.1, -0.05) is 29.4 Å². The lowest BCUT2D eigenvalue weighted by molar-refractivity contribution is -0.165. The Bertz CT molecular complexity index is 685. The van der Waals surface area contributed by atoms with Crippen molar-refractivity contribution in [3.8, 4) is 6.19 Å². The van der Waals surface area contributed by atoms with Crippen molar-refractivity contribution in [1.29, 1.82) is 5.26 Å². The first-order valence-corrected chi connectivity index (χ1v) is 8.49. The van der Waals surface area contributed by atoms with E-state index in [1.165, 1.54) is 16.8 Å². The molecule has 2 rings (SSSR count). The molecule has 1 N–H and O–H groups in total. The monoisotopic (exact) mass is 352 g/mol. The quantitative estimate of drug-likeness (QED) is 0.391. The first-order chi connectivity index (χ1) is 10.9. The predicted molar refractivity (Wildman–Crippen MR) is 91.1 cm³/mol. The number of benzene rings is 1. The number of rotatable bonds is 3. The second-order valence-corrected chi connectivity index (χ2v) is 6.83. The number of carbonyl (C=O) groups is 1. The lowest BCUT2D eigenvalue weighted by atomic mass is 9.95. The molecule has 8 heteroatoms. The number of amides is 1. The Labute approximate surface area is 144 Å². The van der Waals surface area contributed by atoms with Crippen LogP contribution in [0.5, 0.6) is 0 Å². The van der Waals surface area contributed by atoms with Crippen molar-refractivity contribution in [1.82, 2.24) is 10.4 Å². The summed E-state index contributed by atoms with van der Waals surface area (Å²) in [5.74, 6) is -0.0569. The molecular weight excluding hydrogens is 336 g/mol. The van der Waals surface area contributed by atoms with Gasteiger partial charge < -0.3 is 0 Å². The van der Waals surface area contributed by atoms with E-state index in [1.807, 2.05) is 26.3 Å². The normalized spacial score (nSPS) is 17.3. The molecular formula is C15H17ClN4O2S. The minimum atomic E-state index is -0.507. The zero-order valence-electron chi connectivity index (χ0n) is 13.1. The van der Waals surface area contributed by atoms with Crippen LogP contribution in [0.2, 0.25) is 5.02 Å². The molecule has 1 aromatic rings. The Hall–Kier alpha value is -1.75. The van der Waals surface area contributed by atoms with E-state index in [2.05, 4.69) is 10.3 Å².